The lowest BCUT2D eigenvalue weighted by Gasteiger charge is -2.07. The minimum atomic E-state index is 0.444. The topological polar surface area (TPSA) is 61.4 Å². The Balaban J connectivity index is 1.87. The maximum atomic E-state index is 4.60. The molecule has 0 aliphatic carbocycles. The first-order chi connectivity index (χ1) is 12.3. The zero-order chi connectivity index (χ0) is 16.8. The Morgan fingerprint density at radius 2 is 1.72 bits per heavy atom. The van der Waals surface area contributed by atoms with E-state index in [9.17, 15) is 0 Å². The first kappa shape index (κ1) is 14.2. The van der Waals surface area contributed by atoms with Gasteiger partial charge in [-0.15, -0.1) is 17.7 Å². The Hall–Kier alpha value is -3.19. The second kappa shape index (κ2) is 5.42. The van der Waals surface area contributed by atoms with E-state index in [1.807, 2.05) is 42.6 Å². The van der Waals surface area contributed by atoms with Crippen LogP contribution in [0.25, 0.3) is 33.3 Å². The van der Waals surface area contributed by atoms with Gasteiger partial charge in [-0.3, -0.25) is 4.98 Å². The molecule has 5 aromatic rings. The fraction of sp³-hybridized carbons (Fsp3) is 0. The van der Waals surface area contributed by atoms with Gasteiger partial charge in [0, 0.05) is 17.3 Å². The summed E-state index contributed by atoms with van der Waals surface area (Å²) in [5, 5.41) is 13.0. The van der Waals surface area contributed by atoms with E-state index in [4.69, 9.17) is 0 Å². The summed E-state index contributed by atoms with van der Waals surface area (Å²) in [6, 6.07) is 20.4. The molecule has 2 aromatic carbocycles. The second-order valence-corrected chi connectivity index (χ2v) is 6.03. The van der Waals surface area contributed by atoms with E-state index in [0.29, 0.717) is 5.16 Å². The molecule has 0 N–H and O–H groups in total. The fourth-order valence-electron chi connectivity index (χ4n) is 3.16. The number of thiol groups is 1. The Bertz CT molecular complexity index is 1210. The van der Waals surface area contributed by atoms with Gasteiger partial charge in [-0.05, 0) is 52.9 Å². The Morgan fingerprint density at radius 3 is 2.52 bits per heavy atom. The largest absolute Gasteiger partial charge is 0.308 e. The number of para-hydroxylation sites is 1. The van der Waals surface area contributed by atoms with Gasteiger partial charge < -0.3 is 4.57 Å². The summed E-state index contributed by atoms with van der Waals surface area (Å²) >= 11 is 4.30. The van der Waals surface area contributed by atoms with Gasteiger partial charge in [0.05, 0.1) is 22.2 Å². The molecule has 0 amide bonds. The lowest BCUT2D eigenvalue weighted by Crippen LogP contribution is -1.98. The van der Waals surface area contributed by atoms with Crippen molar-refractivity contribution in [2.45, 2.75) is 5.16 Å². The number of hydrogen-bond donors (Lipinski definition) is 1. The third kappa shape index (κ3) is 2.13. The predicted octanol–water partition coefficient (Wildman–Crippen LogP) is 3.44. The van der Waals surface area contributed by atoms with Crippen molar-refractivity contribution in [3.8, 4) is 11.4 Å². The second-order valence-electron chi connectivity index (χ2n) is 5.63. The molecule has 25 heavy (non-hydrogen) atoms. The van der Waals surface area contributed by atoms with Crippen LogP contribution in [0.1, 0.15) is 0 Å². The maximum Gasteiger partial charge on any atom is 0.211 e. The Morgan fingerprint density at radius 1 is 0.840 bits per heavy atom. The summed E-state index contributed by atoms with van der Waals surface area (Å²) in [5.41, 5.74) is 5.03. The average Bonchev–Trinajstić information content (AvgIpc) is 3.23. The molecular formula is C18H12N6S. The first-order valence-electron chi connectivity index (χ1n) is 7.75. The van der Waals surface area contributed by atoms with E-state index in [2.05, 4.69) is 62.0 Å². The summed E-state index contributed by atoms with van der Waals surface area (Å²) in [6.45, 7) is 0. The van der Waals surface area contributed by atoms with Crippen LogP contribution in [0.15, 0.2) is 72.0 Å². The molecule has 3 heterocycles. The number of hydrogen-bond acceptors (Lipinski definition) is 5. The van der Waals surface area contributed by atoms with Gasteiger partial charge in [-0.1, -0.05) is 18.2 Å². The fourth-order valence-corrected chi connectivity index (χ4v) is 3.36. The third-order valence-electron chi connectivity index (χ3n) is 4.22. The van der Waals surface area contributed by atoms with Crippen molar-refractivity contribution in [2.75, 3.05) is 0 Å². The van der Waals surface area contributed by atoms with Crippen LogP contribution in [0.4, 0.5) is 0 Å². The molecule has 120 valence electrons. The molecule has 0 aliphatic rings. The molecule has 0 unspecified atom stereocenters. The summed E-state index contributed by atoms with van der Waals surface area (Å²) in [7, 11) is 0. The quantitative estimate of drug-likeness (QED) is 0.498. The summed E-state index contributed by atoms with van der Waals surface area (Å²) in [5.74, 6) is 0. The van der Waals surface area contributed by atoms with Crippen molar-refractivity contribution in [1.82, 2.24) is 29.8 Å². The van der Waals surface area contributed by atoms with Gasteiger partial charge in [-0.25, -0.2) is 0 Å². The minimum absolute atomic E-state index is 0.444. The summed E-state index contributed by atoms with van der Waals surface area (Å²) in [6.07, 6.45) is 1.81. The van der Waals surface area contributed by atoms with Crippen molar-refractivity contribution in [3.05, 3.63) is 66.9 Å². The highest BCUT2D eigenvalue weighted by Crippen LogP contribution is 2.32. The van der Waals surface area contributed by atoms with E-state index >= 15 is 0 Å². The molecule has 3 aromatic heterocycles. The Labute approximate surface area is 148 Å². The van der Waals surface area contributed by atoms with Crippen molar-refractivity contribution >= 4 is 34.6 Å². The van der Waals surface area contributed by atoms with Gasteiger partial charge in [-0.2, -0.15) is 4.68 Å². The minimum Gasteiger partial charge on any atom is -0.308 e. The lowest BCUT2D eigenvalue weighted by atomic mass is 10.2. The molecular weight excluding hydrogens is 332 g/mol. The zero-order valence-corrected chi connectivity index (χ0v) is 13.9. The van der Waals surface area contributed by atoms with Gasteiger partial charge >= 0.3 is 0 Å². The van der Waals surface area contributed by atoms with Crippen LogP contribution in [0.3, 0.4) is 0 Å². The highest BCUT2D eigenvalue weighted by atomic mass is 32.1. The summed E-state index contributed by atoms with van der Waals surface area (Å²) < 4.78 is 3.81. The molecule has 0 fully saturated rings. The standard InChI is InChI=1S/C18H12N6S/c25-18-20-21-22-24(18)13-8-9-15-14(11-13)17-16(7-4-10-19-17)23(15)12-5-2-1-3-6-12/h1-11H,(H,20,22,25). The van der Waals surface area contributed by atoms with E-state index in [1.165, 1.54) is 0 Å². The van der Waals surface area contributed by atoms with Crippen molar-refractivity contribution in [3.63, 3.8) is 0 Å². The van der Waals surface area contributed by atoms with Crippen molar-refractivity contribution in [2.24, 2.45) is 0 Å². The van der Waals surface area contributed by atoms with Crippen LogP contribution in [0, 0.1) is 0 Å². The van der Waals surface area contributed by atoms with E-state index < -0.39 is 0 Å². The normalized spacial score (nSPS) is 11.4. The van der Waals surface area contributed by atoms with Crippen LogP contribution >= 0.6 is 12.6 Å². The number of nitrogens with zero attached hydrogens (tertiary/aromatic N) is 6. The molecule has 5 rings (SSSR count). The highest BCUT2D eigenvalue weighted by molar-refractivity contribution is 7.80. The number of pyridine rings is 1. The van der Waals surface area contributed by atoms with Gasteiger partial charge in [0.15, 0.2) is 0 Å². The zero-order valence-electron chi connectivity index (χ0n) is 13.0. The Kier molecular flexibility index (Phi) is 3.07. The number of rotatable bonds is 2. The van der Waals surface area contributed by atoms with E-state index in [-0.39, 0.29) is 0 Å². The number of aromatic nitrogens is 6. The monoisotopic (exact) mass is 344 g/mol. The van der Waals surface area contributed by atoms with Crippen LogP contribution in [-0.2, 0) is 0 Å². The van der Waals surface area contributed by atoms with E-state index in [0.717, 1.165) is 33.3 Å². The van der Waals surface area contributed by atoms with Gasteiger partial charge in [0.2, 0.25) is 5.16 Å². The smallest absolute Gasteiger partial charge is 0.211 e. The third-order valence-corrected chi connectivity index (χ3v) is 4.49. The molecule has 0 aliphatic heterocycles. The number of tetrazole rings is 1. The van der Waals surface area contributed by atoms with Crippen molar-refractivity contribution in [1.29, 1.82) is 0 Å². The maximum absolute atomic E-state index is 4.60. The SMILES string of the molecule is Sc1nnnn1-c1ccc2c(c1)c1ncccc1n2-c1ccccc1. The number of fused-ring (bicyclic) bond motifs is 3. The molecule has 0 saturated carbocycles. The van der Waals surface area contributed by atoms with E-state index in [1.54, 1.807) is 4.68 Å². The highest BCUT2D eigenvalue weighted by Gasteiger charge is 2.14. The lowest BCUT2D eigenvalue weighted by molar-refractivity contribution is 0.759. The molecule has 0 saturated heterocycles. The molecule has 0 bridgehead atoms. The van der Waals surface area contributed by atoms with Gasteiger partial charge in [0.1, 0.15) is 0 Å². The van der Waals surface area contributed by atoms with Gasteiger partial charge in [0.25, 0.3) is 0 Å². The van der Waals surface area contributed by atoms with Crippen LogP contribution < -0.4 is 0 Å². The van der Waals surface area contributed by atoms with Crippen LogP contribution in [0.2, 0.25) is 0 Å². The van der Waals surface area contributed by atoms with Crippen LogP contribution in [0.5, 0.6) is 0 Å². The summed E-state index contributed by atoms with van der Waals surface area (Å²) in [4.78, 5) is 4.60. The molecule has 6 nitrogen and oxygen atoms in total. The molecule has 0 radical (unpaired) electrons. The number of benzene rings is 2. The van der Waals surface area contributed by atoms with Crippen molar-refractivity contribution < 1.29 is 0 Å². The average molecular weight is 344 g/mol. The predicted molar refractivity (Wildman–Crippen MR) is 98.5 cm³/mol. The molecule has 0 spiro atoms. The van der Waals surface area contributed by atoms with Crippen LogP contribution in [-0.4, -0.2) is 29.8 Å². The molecule has 0 atom stereocenters. The first-order valence-corrected chi connectivity index (χ1v) is 8.20. The molecule has 7 heteroatoms.